The molecule has 0 aliphatic carbocycles. The molecule has 0 spiro atoms. The van der Waals surface area contributed by atoms with Crippen LogP contribution in [0.1, 0.15) is 32.0 Å². The molecule has 6 nitrogen and oxygen atoms in total. The number of hydrogen-bond acceptors (Lipinski definition) is 4. The number of benzene rings is 4. The number of hydrogen-bond donors (Lipinski definition) is 2. The molecule has 4 aromatic carbocycles. The summed E-state index contributed by atoms with van der Waals surface area (Å²) in [6.07, 6.45) is -3.42. The molecule has 0 aliphatic heterocycles. The molecule has 212 valence electrons. The van der Waals surface area contributed by atoms with Crippen molar-refractivity contribution >= 4 is 72.5 Å². The highest BCUT2D eigenvalue weighted by Crippen LogP contribution is 2.41. The summed E-state index contributed by atoms with van der Waals surface area (Å²) in [5, 5.41) is 4.42. The fourth-order valence-corrected chi connectivity index (χ4v) is 5.86. The predicted molar refractivity (Wildman–Crippen MR) is 162 cm³/mol. The fraction of sp³-hybridized carbons (Fsp3) is 0.0333. The van der Waals surface area contributed by atoms with Gasteiger partial charge in [0.2, 0.25) is 0 Å². The van der Waals surface area contributed by atoms with Crippen LogP contribution in [0.4, 0.5) is 13.2 Å². The molecule has 1 aromatic heterocycles. The summed E-state index contributed by atoms with van der Waals surface area (Å²) >= 11 is 13.1. The van der Waals surface area contributed by atoms with Gasteiger partial charge in [0.25, 0.3) is 5.91 Å². The normalized spacial score (nSPS) is 11.7. The molecule has 0 saturated heterocycles. The van der Waals surface area contributed by atoms with E-state index < -0.39 is 23.6 Å². The maximum absolute atomic E-state index is 13.8. The smallest absolute Gasteiger partial charge is 0.418 e. The Labute approximate surface area is 258 Å². The zero-order chi connectivity index (χ0) is 30.0. The number of hydrazone groups is 1. The van der Waals surface area contributed by atoms with Gasteiger partial charge >= 0.3 is 12.1 Å². The quantitative estimate of drug-likeness (QED) is 0.0796. The molecule has 0 radical (unpaired) electrons. The van der Waals surface area contributed by atoms with Crippen LogP contribution in [0.15, 0.2) is 99.0 Å². The van der Waals surface area contributed by atoms with Crippen molar-refractivity contribution in [3.63, 3.8) is 0 Å². The molecule has 0 aliphatic rings. The molecule has 0 unspecified atom stereocenters. The van der Waals surface area contributed by atoms with E-state index in [4.69, 9.17) is 16.3 Å². The lowest BCUT2D eigenvalue weighted by Gasteiger charge is -2.10. The van der Waals surface area contributed by atoms with Gasteiger partial charge < -0.3 is 9.72 Å². The Morgan fingerprint density at radius 3 is 2.38 bits per heavy atom. The molecule has 1 heterocycles. The minimum Gasteiger partial charge on any atom is -0.421 e. The third-order valence-electron chi connectivity index (χ3n) is 6.12. The summed E-state index contributed by atoms with van der Waals surface area (Å²) in [6.45, 7) is 0. The van der Waals surface area contributed by atoms with Crippen molar-refractivity contribution in [2.75, 3.05) is 0 Å². The van der Waals surface area contributed by atoms with E-state index in [0.717, 1.165) is 6.07 Å². The summed E-state index contributed by atoms with van der Waals surface area (Å²) in [5.41, 5.74) is 2.19. The number of fused-ring (bicyclic) bond motifs is 1. The molecule has 1 amide bonds. The maximum atomic E-state index is 13.8. The Morgan fingerprint density at radius 2 is 1.67 bits per heavy atom. The number of para-hydroxylation sites is 1. The van der Waals surface area contributed by atoms with Gasteiger partial charge in [-0.1, -0.05) is 76.1 Å². The van der Waals surface area contributed by atoms with Gasteiger partial charge in [0, 0.05) is 31.6 Å². The van der Waals surface area contributed by atoms with Crippen molar-refractivity contribution in [3.05, 3.63) is 121 Å². The first-order valence-corrected chi connectivity index (χ1v) is 14.1. The van der Waals surface area contributed by atoms with Crippen LogP contribution in [0.5, 0.6) is 5.75 Å². The van der Waals surface area contributed by atoms with E-state index in [9.17, 15) is 22.8 Å². The van der Waals surface area contributed by atoms with Gasteiger partial charge in [0.05, 0.1) is 27.3 Å². The average molecular weight is 720 g/mol. The fourth-order valence-electron chi connectivity index (χ4n) is 4.29. The molecule has 0 bridgehead atoms. The lowest BCUT2D eigenvalue weighted by atomic mass is 10.00. The van der Waals surface area contributed by atoms with E-state index in [-0.39, 0.29) is 32.9 Å². The van der Waals surface area contributed by atoms with Crippen LogP contribution in [-0.4, -0.2) is 23.1 Å². The van der Waals surface area contributed by atoms with E-state index >= 15 is 0 Å². The Morgan fingerprint density at radius 1 is 0.952 bits per heavy atom. The van der Waals surface area contributed by atoms with Gasteiger partial charge in [-0.05, 0) is 52.3 Å². The van der Waals surface area contributed by atoms with Gasteiger partial charge in [-0.25, -0.2) is 10.2 Å². The lowest BCUT2D eigenvalue weighted by Crippen LogP contribution is -2.19. The molecule has 2 N–H and O–H groups in total. The molecule has 12 heteroatoms. The van der Waals surface area contributed by atoms with Gasteiger partial charge in [0.1, 0.15) is 5.69 Å². The predicted octanol–water partition coefficient (Wildman–Crippen LogP) is 9.02. The van der Waals surface area contributed by atoms with Crippen molar-refractivity contribution in [1.82, 2.24) is 10.4 Å². The van der Waals surface area contributed by atoms with Crippen LogP contribution >= 0.6 is 43.5 Å². The summed E-state index contributed by atoms with van der Waals surface area (Å²) in [4.78, 5) is 28.7. The third-order valence-corrected chi connectivity index (χ3v) is 7.50. The highest BCUT2D eigenvalue weighted by Gasteiger charge is 2.35. The number of H-pyrrole nitrogens is 1. The number of aromatic amines is 1. The highest BCUT2D eigenvalue weighted by atomic mass is 79.9. The van der Waals surface area contributed by atoms with Crippen LogP contribution < -0.4 is 10.2 Å². The number of amides is 1. The van der Waals surface area contributed by atoms with Gasteiger partial charge in [-0.15, -0.1) is 0 Å². The SMILES string of the molecule is O=C(Oc1c(Br)cc(Br)cc1C=NNC(=O)c1[nH]c2c(C(F)(F)F)cccc2c1-c1ccccc1Cl)c1ccccc1. The molecule has 5 rings (SSSR count). The topological polar surface area (TPSA) is 83.5 Å². The van der Waals surface area contributed by atoms with E-state index in [1.807, 2.05) is 0 Å². The van der Waals surface area contributed by atoms with Crippen LogP contribution in [0.25, 0.3) is 22.0 Å². The number of nitrogens with zero attached hydrogens (tertiary/aromatic N) is 1. The second-order valence-corrected chi connectivity index (χ2v) is 11.0. The number of esters is 1. The number of ether oxygens (including phenoxy) is 1. The third kappa shape index (κ3) is 6.13. The van der Waals surface area contributed by atoms with Gasteiger partial charge in [-0.2, -0.15) is 18.3 Å². The molecular formula is C30H17Br2ClF3N3O3. The van der Waals surface area contributed by atoms with Gasteiger partial charge in [0.15, 0.2) is 5.75 Å². The van der Waals surface area contributed by atoms with Crippen molar-refractivity contribution in [3.8, 4) is 16.9 Å². The first-order chi connectivity index (χ1) is 20.0. The summed E-state index contributed by atoms with van der Waals surface area (Å²) in [5.74, 6) is -1.29. The minimum atomic E-state index is -4.67. The largest absolute Gasteiger partial charge is 0.421 e. The van der Waals surface area contributed by atoms with E-state index in [0.29, 0.717) is 25.6 Å². The summed E-state index contributed by atoms with van der Waals surface area (Å²) in [7, 11) is 0. The number of rotatable bonds is 6. The van der Waals surface area contributed by atoms with Crippen LogP contribution in [-0.2, 0) is 6.18 Å². The number of carbonyl (C=O) groups excluding carboxylic acids is 2. The highest BCUT2D eigenvalue weighted by molar-refractivity contribution is 9.11. The molecule has 42 heavy (non-hydrogen) atoms. The maximum Gasteiger partial charge on any atom is 0.418 e. The zero-order valence-corrected chi connectivity index (χ0v) is 25.0. The average Bonchev–Trinajstić information content (AvgIpc) is 3.34. The Kier molecular flexibility index (Phi) is 8.53. The summed E-state index contributed by atoms with van der Waals surface area (Å²) < 4.78 is 48.1. The van der Waals surface area contributed by atoms with Crippen molar-refractivity contribution in [2.45, 2.75) is 6.18 Å². The number of halogens is 6. The van der Waals surface area contributed by atoms with Crippen LogP contribution in [0.3, 0.4) is 0 Å². The number of carbonyl (C=O) groups is 2. The molecule has 0 saturated carbocycles. The number of alkyl halides is 3. The number of aromatic nitrogens is 1. The molecular weight excluding hydrogens is 703 g/mol. The number of nitrogens with one attached hydrogen (secondary N) is 2. The second-order valence-electron chi connectivity index (χ2n) is 8.84. The molecule has 5 aromatic rings. The first-order valence-electron chi connectivity index (χ1n) is 12.1. The lowest BCUT2D eigenvalue weighted by molar-refractivity contribution is -0.136. The Bertz CT molecular complexity index is 1860. The minimum absolute atomic E-state index is 0.141. The standard InChI is InChI=1S/C30H17Br2ClF3N3O3/c31-18-13-17(27(22(32)14-18)42-29(41)16-7-2-1-3-8-16)15-37-39-28(40)26-24(19-9-4-5-12-23(19)33)20-10-6-11-21(25(20)38-26)30(34,35)36/h1-15,38H,(H,39,40). The van der Waals surface area contributed by atoms with Crippen molar-refractivity contribution in [1.29, 1.82) is 0 Å². The monoisotopic (exact) mass is 717 g/mol. The Hall–Kier alpha value is -3.93. The first kappa shape index (κ1) is 29.6. The van der Waals surface area contributed by atoms with Crippen LogP contribution in [0.2, 0.25) is 5.02 Å². The van der Waals surface area contributed by atoms with Gasteiger partial charge in [-0.3, -0.25) is 4.79 Å². The zero-order valence-electron chi connectivity index (χ0n) is 21.1. The van der Waals surface area contributed by atoms with E-state index in [1.54, 1.807) is 66.7 Å². The van der Waals surface area contributed by atoms with Crippen molar-refractivity contribution < 1.29 is 27.5 Å². The molecule has 0 atom stereocenters. The summed E-state index contributed by atoms with van der Waals surface area (Å²) in [6, 6.07) is 21.8. The van der Waals surface area contributed by atoms with Crippen LogP contribution in [0, 0.1) is 0 Å². The Balaban J connectivity index is 1.51. The van der Waals surface area contributed by atoms with Crippen molar-refractivity contribution in [2.24, 2.45) is 5.10 Å². The molecule has 0 fully saturated rings. The second kappa shape index (κ2) is 12.1. The van der Waals surface area contributed by atoms with E-state index in [2.05, 4.69) is 47.4 Å². The van der Waals surface area contributed by atoms with E-state index in [1.165, 1.54) is 18.3 Å².